The molecule has 0 aromatic carbocycles. The second-order valence-electron chi connectivity index (χ2n) is 10.2. The predicted octanol–water partition coefficient (Wildman–Crippen LogP) is 0.308. The Morgan fingerprint density at radius 3 is 2.43 bits per heavy atom. The summed E-state index contributed by atoms with van der Waals surface area (Å²) < 4.78 is 0. The Morgan fingerprint density at radius 1 is 1.20 bits per heavy atom. The summed E-state index contributed by atoms with van der Waals surface area (Å²) in [6, 6.07) is -0.605. The van der Waals surface area contributed by atoms with Crippen molar-refractivity contribution in [1.82, 2.24) is 20.9 Å². The summed E-state index contributed by atoms with van der Waals surface area (Å²) in [5.74, 6) is -2.32. The average Bonchev–Trinajstić information content (AvgIpc) is 3.29. The van der Waals surface area contributed by atoms with Crippen LogP contribution in [0, 0.1) is 23.2 Å². The molecular weight excluding hydrogens is 469 g/mol. The van der Waals surface area contributed by atoms with Gasteiger partial charge in [0.15, 0.2) is 6.29 Å². The predicted molar refractivity (Wildman–Crippen MR) is 133 cm³/mol. The van der Waals surface area contributed by atoms with Gasteiger partial charge in [0.25, 0.3) is 0 Å². The summed E-state index contributed by atoms with van der Waals surface area (Å²) in [6.45, 7) is 5.51. The van der Waals surface area contributed by atoms with Crippen LogP contribution in [0.3, 0.4) is 0 Å². The number of nitrogens with one attached hydrogen (secondary N) is 3. The number of ketones is 1. The number of nitrogens with zero attached hydrogens (tertiary/aromatic N) is 2. The van der Waals surface area contributed by atoms with Crippen molar-refractivity contribution in [3.8, 4) is 6.07 Å². The number of hydrogen-bond acceptors (Lipinski definition) is 7. The lowest BCUT2D eigenvalue weighted by molar-refractivity contribution is -0.142. The molecule has 5 atom stereocenters. The van der Waals surface area contributed by atoms with Crippen molar-refractivity contribution in [1.29, 1.82) is 5.26 Å². The largest absolute Gasteiger partial charge is 0.350 e. The summed E-state index contributed by atoms with van der Waals surface area (Å²) >= 11 is 0. The Balaban J connectivity index is 2.07. The number of Topliss-reactive ketones (excluding diaryl/α,β-unsaturated/α-hetero) is 1. The van der Waals surface area contributed by atoms with Gasteiger partial charge >= 0.3 is 0 Å². The first kappa shape index (κ1) is 28.9. The van der Waals surface area contributed by atoms with Crippen LogP contribution in [0.2, 0.25) is 0 Å². The molecule has 2 rings (SSSR count). The van der Waals surface area contributed by atoms with Crippen LogP contribution in [-0.2, 0) is 24.0 Å². The molecule has 5 unspecified atom stereocenters. The van der Waals surface area contributed by atoms with Gasteiger partial charge in [0.1, 0.15) is 12.1 Å². The molecular formula is C24H38N5O5P. The number of likely N-dealkylation sites (tertiary alicyclic amines) is 1. The minimum Gasteiger partial charge on any atom is -0.350 e. The topological polar surface area (TPSA) is 148 Å². The van der Waals surface area contributed by atoms with E-state index in [-0.39, 0.29) is 18.7 Å². The summed E-state index contributed by atoms with van der Waals surface area (Å²) in [7, 11) is 2.57. The number of aldehydes is 1. The second-order valence-corrected chi connectivity index (χ2v) is 10.6. The van der Waals surface area contributed by atoms with Gasteiger partial charge in [-0.3, -0.25) is 29.3 Å². The van der Waals surface area contributed by atoms with Crippen molar-refractivity contribution in [2.45, 2.75) is 83.0 Å². The summed E-state index contributed by atoms with van der Waals surface area (Å²) in [4.78, 5) is 63.5. The van der Waals surface area contributed by atoms with E-state index < -0.39 is 47.2 Å². The van der Waals surface area contributed by atoms with Gasteiger partial charge in [-0.25, -0.2) is 0 Å². The van der Waals surface area contributed by atoms with Crippen molar-refractivity contribution in [2.75, 3.05) is 19.3 Å². The quantitative estimate of drug-likeness (QED) is 0.185. The zero-order valence-corrected chi connectivity index (χ0v) is 22.0. The van der Waals surface area contributed by atoms with E-state index in [9.17, 15) is 29.2 Å². The number of carbonyl (C=O) groups excluding carboxylic acids is 5. The normalized spacial score (nSPS) is 20.7. The summed E-state index contributed by atoms with van der Waals surface area (Å²) in [6.07, 6.45) is 5.31. The van der Waals surface area contributed by atoms with Crippen molar-refractivity contribution in [3.05, 3.63) is 0 Å². The van der Waals surface area contributed by atoms with E-state index in [1.807, 2.05) is 13.8 Å². The monoisotopic (exact) mass is 507 g/mol. The van der Waals surface area contributed by atoms with Crippen LogP contribution in [-0.4, -0.2) is 77.6 Å². The van der Waals surface area contributed by atoms with Crippen molar-refractivity contribution < 1.29 is 24.0 Å². The Labute approximate surface area is 209 Å². The fourth-order valence-electron chi connectivity index (χ4n) is 4.37. The highest BCUT2D eigenvalue weighted by Crippen LogP contribution is 2.31. The molecule has 194 valence electrons. The number of nitriles is 1. The number of amides is 3. The van der Waals surface area contributed by atoms with E-state index in [0.29, 0.717) is 37.9 Å². The third kappa shape index (κ3) is 8.08. The number of hydrogen-bond donors (Lipinski definition) is 3. The third-order valence-corrected chi connectivity index (χ3v) is 7.87. The van der Waals surface area contributed by atoms with E-state index in [1.54, 1.807) is 6.92 Å². The van der Waals surface area contributed by atoms with Crippen LogP contribution >= 0.6 is 9.24 Å². The molecule has 11 heteroatoms. The van der Waals surface area contributed by atoms with Crippen molar-refractivity contribution in [3.63, 3.8) is 0 Å². The molecule has 1 heterocycles. The minimum absolute atomic E-state index is 0.154. The molecule has 1 aliphatic carbocycles. The molecule has 35 heavy (non-hydrogen) atoms. The molecule has 0 spiro atoms. The molecule has 10 nitrogen and oxygen atoms in total. The van der Waals surface area contributed by atoms with E-state index in [4.69, 9.17) is 0 Å². The Hall–Kier alpha value is -2.37. The van der Waals surface area contributed by atoms with E-state index in [2.05, 4.69) is 31.3 Å². The molecule has 2 fully saturated rings. The van der Waals surface area contributed by atoms with Gasteiger partial charge in [0.05, 0.1) is 24.6 Å². The van der Waals surface area contributed by atoms with Gasteiger partial charge < -0.3 is 15.5 Å². The molecule has 0 aromatic rings. The van der Waals surface area contributed by atoms with E-state index >= 15 is 0 Å². The van der Waals surface area contributed by atoms with Crippen LogP contribution in [0.15, 0.2) is 0 Å². The number of carbonyl (C=O) groups is 5. The van der Waals surface area contributed by atoms with E-state index in [0.717, 1.165) is 19.3 Å². The van der Waals surface area contributed by atoms with Gasteiger partial charge in [-0.05, 0) is 52.1 Å². The highest BCUT2D eigenvalue weighted by Gasteiger charge is 2.40. The molecule has 0 radical (unpaired) electrons. The van der Waals surface area contributed by atoms with Gasteiger partial charge in [0.2, 0.25) is 23.5 Å². The molecule has 1 aliphatic heterocycles. The van der Waals surface area contributed by atoms with Crippen LogP contribution < -0.4 is 16.0 Å². The Kier molecular flexibility index (Phi) is 10.8. The lowest BCUT2D eigenvalue weighted by atomic mass is 9.80. The first-order valence-corrected chi connectivity index (χ1v) is 13.1. The fourth-order valence-corrected chi connectivity index (χ4v) is 4.47. The molecule has 2 aliphatic rings. The smallest absolute Gasteiger partial charge is 0.243 e. The van der Waals surface area contributed by atoms with Crippen LogP contribution in [0.1, 0.15) is 59.3 Å². The minimum atomic E-state index is -0.972. The average molecular weight is 508 g/mol. The maximum Gasteiger partial charge on any atom is 0.243 e. The lowest BCUT2D eigenvalue weighted by Crippen LogP contribution is -2.57. The maximum absolute atomic E-state index is 13.4. The fraction of sp³-hybridized carbons (Fsp3) is 0.750. The Bertz CT molecular complexity index is 854. The molecule has 1 saturated heterocycles. The zero-order valence-electron chi connectivity index (χ0n) is 20.8. The standard InChI is InChI=1S/C24H38N5O5P/c1-15(11-25)21(26-12-20(32)28-24(2,3)14-35)23(34)29-9-5-8-18(29)22(33)27-17(19(31)13-30)10-16-6-4-7-16/h13,15-18,21,26H,4-10,12,14,35H2,1-3H3,(H,27,33)(H,28,32). The van der Waals surface area contributed by atoms with Gasteiger partial charge in [0, 0.05) is 12.1 Å². The summed E-state index contributed by atoms with van der Waals surface area (Å²) in [5.41, 5.74) is -0.434. The van der Waals surface area contributed by atoms with Gasteiger partial charge in [-0.2, -0.15) is 5.26 Å². The third-order valence-electron chi connectivity index (χ3n) is 6.85. The maximum atomic E-state index is 13.4. The van der Waals surface area contributed by atoms with Crippen LogP contribution in [0.5, 0.6) is 0 Å². The van der Waals surface area contributed by atoms with Crippen LogP contribution in [0.4, 0.5) is 0 Å². The Morgan fingerprint density at radius 2 is 1.89 bits per heavy atom. The van der Waals surface area contributed by atoms with Crippen LogP contribution in [0.25, 0.3) is 0 Å². The summed E-state index contributed by atoms with van der Waals surface area (Å²) in [5, 5.41) is 17.9. The first-order valence-electron chi connectivity index (χ1n) is 12.3. The number of rotatable bonds is 13. The first-order chi connectivity index (χ1) is 16.5. The SMILES string of the molecule is CC(C#N)C(NCC(=O)NC(C)(C)CP)C(=O)N1CCCC1C(=O)NC(CC1CCC1)C(=O)C=O. The molecule has 3 N–H and O–H groups in total. The highest BCUT2D eigenvalue weighted by atomic mass is 31.0. The van der Waals surface area contributed by atoms with Gasteiger partial charge in [-0.1, -0.05) is 19.3 Å². The lowest BCUT2D eigenvalue weighted by Gasteiger charge is -2.32. The highest BCUT2D eigenvalue weighted by molar-refractivity contribution is 7.16. The molecule has 1 saturated carbocycles. The molecule has 0 bridgehead atoms. The zero-order chi connectivity index (χ0) is 26.2. The van der Waals surface area contributed by atoms with Crippen molar-refractivity contribution >= 4 is 39.0 Å². The van der Waals surface area contributed by atoms with Crippen molar-refractivity contribution in [2.24, 2.45) is 11.8 Å². The molecule has 3 amide bonds. The second kappa shape index (κ2) is 13.1. The van der Waals surface area contributed by atoms with Gasteiger partial charge in [-0.15, -0.1) is 9.24 Å². The molecule has 0 aromatic heterocycles. The van der Waals surface area contributed by atoms with E-state index in [1.165, 1.54) is 4.90 Å².